The van der Waals surface area contributed by atoms with Gasteiger partial charge in [0, 0.05) is 24.2 Å². The average molecular weight is 196 g/mol. The van der Waals surface area contributed by atoms with E-state index in [-0.39, 0.29) is 0 Å². The third-order valence-electron chi connectivity index (χ3n) is 3.34. The predicted molar refractivity (Wildman–Crippen MR) is 60.5 cm³/mol. The zero-order valence-electron chi connectivity index (χ0n) is 9.55. The fourth-order valence-electron chi connectivity index (χ4n) is 2.48. The lowest BCUT2D eigenvalue weighted by Crippen LogP contribution is -2.42. The highest BCUT2D eigenvalue weighted by molar-refractivity contribution is 4.88. The molecular formula is C12H24N2. The Bertz CT molecular complexity index is 155. The van der Waals surface area contributed by atoms with Crippen molar-refractivity contribution >= 4 is 0 Å². The summed E-state index contributed by atoms with van der Waals surface area (Å²) < 4.78 is 0. The lowest BCUT2D eigenvalue weighted by atomic mass is 9.91. The molecule has 0 radical (unpaired) electrons. The first-order valence-corrected chi connectivity index (χ1v) is 6.26. The number of nitrogens with one attached hydrogen (secondary N) is 2. The van der Waals surface area contributed by atoms with Crippen LogP contribution in [0.3, 0.4) is 0 Å². The summed E-state index contributed by atoms with van der Waals surface area (Å²) in [5.41, 5.74) is 0. The van der Waals surface area contributed by atoms with E-state index in [0.29, 0.717) is 6.04 Å². The second-order valence-electron chi connectivity index (χ2n) is 5.31. The van der Waals surface area contributed by atoms with Gasteiger partial charge in [-0.25, -0.2) is 0 Å². The SMILES string of the molecule is CC(C)NC1CCC(NC2CC2)CC1. The second-order valence-corrected chi connectivity index (χ2v) is 5.31. The summed E-state index contributed by atoms with van der Waals surface area (Å²) >= 11 is 0. The van der Waals surface area contributed by atoms with Crippen molar-refractivity contribution in [3.05, 3.63) is 0 Å². The molecule has 0 bridgehead atoms. The predicted octanol–water partition coefficient (Wildman–Crippen LogP) is 2.05. The van der Waals surface area contributed by atoms with Crippen molar-refractivity contribution in [3.8, 4) is 0 Å². The van der Waals surface area contributed by atoms with Gasteiger partial charge in [-0.15, -0.1) is 0 Å². The summed E-state index contributed by atoms with van der Waals surface area (Å²) in [6.07, 6.45) is 8.32. The van der Waals surface area contributed by atoms with Crippen LogP contribution in [0, 0.1) is 0 Å². The first-order valence-electron chi connectivity index (χ1n) is 6.26. The molecule has 0 spiro atoms. The van der Waals surface area contributed by atoms with Crippen molar-refractivity contribution in [2.45, 2.75) is 76.5 Å². The normalized spacial score (nSPS) is 33.6. The maximum Gasteiger partial charge on any atom is 0.00708 e. The molecule has 0 amide bonds. The lowest BCUT2D eigenvalue weighted by molar-refractivity contribution is 0.294. The largest absolute Gasteiger partial charge is 0.312 e. The van der Waals surface area contributed by atoms with Crippen LogP contribution in [0.25, 0.3) is 0 Å². The van der Waals surface area contributed by atoms with Crippen LogP contribution in [0.5, 0.6) is 0 Å². The molecule has 0 unspecified atom stereocenters. The molecule has 2 nitrogen and oxygen atoms in total. The smallest absolute Gasteiger partial charge is 0.00708 e. The topological polar surface area (TPSA) is 24.1 Å². The van der Waals surface area contributed by atoms with Gasteiger partial charge in [-0.2, -0.15) is 0 Å². The van der Waals surface area contributed by atoms with Crippen LogP contribution in [0.2, 0.25) is 0 Å². The van der Waals surface area contributed by atoms with Crippen molar-refractivity contribution in [1.82, 2.24) is 10.6 Å². The molecule has 2 rings (SSSR count). The van der Waals surface area contributed by atoms with Gasteiger partial charge >= 0.3 is 0 Å². The minimum absolute atomic E-state index is 0.646. The molecule has 0 aromatic rings. The molecule has 0 aliphatic heterocycles. The molecule has 0 aromatic carbocycles. The standard InChI is InChI=1S/C12H24N2/c1-9(2)13-10-3-5-11(6-4-10)14-12-7-8-12/h9-14H,3-8H2,1-2H3. The molecule has 2 aliphatic rings. The Morgan fingerprint density at radius 2 is 1.21 bits per heavy atom. The van der Waals surface area contributed by atoms with Crippen LogP contribution in [0.15, 0.2) is 0 Å². The average Bonchev–Trinajstić information content (AvgIpc) is 2.91. The van der Waals surface area contributed by atoms with Crippen molar-refractivity contribution in [3.63, 3.8) is 0 Å². The quantitative estimate of drug-likeness (QED) is 0.719. The molecule has 2 saturated carbocycles. The third-order valence-corrected chi connectivity index (χ3v) is 3.34. The number of hydrogen-bond donors (Lipinski definition) is 2. The molecule has 0 atom stereocenters. The van der Waals surface area contributed by atoms with Crippen molar-refractivity contribution in [2.24, 2.45) is 0 Å². The summed E-state index contributed by atoms with van der Waals surface area (Å²) in [5.74, 6) is 0. The van der Waals surface area contributed by atoms with Crippen LogP contribution in [-0.4, -0.2) is 24.2 Å². The van der Waals surface area contributed by atoms with Gasteiger partial charge in [0.2, 0.25) is 0 Å². The molecule has 0 saturated heterocycles. The zero-order valence-corrected chi connectivity index (χ0v) is 9.55. The molecule has 14 heavy (non-hydrogen) atoms. The van der Waals surface area contributed by atoms with Crippen LogP contribution in [0.4, 0.5) is 0 Å². The van der Waals surface area contributed by atoms with E-state index in [1.165, 1.54) is 38.5 Å². The van der Waals surface area contributed by atoms with E-state index in [4.69, 9.17) is 0 Å². The van der Waals surface area contributed by atoms with Gasteiger partial charge in [0.25, 0.3) is 0 Å². The third kappa shape index (κ3) is 3.25. The summed E-state index contributed by atoms with van der Waals surface area (Å²) in [6.45, 7) is 4.49. The van der Waals surface area contributed by atoms with Crippen LogP contribution in [-0.2, 0) is 0 Å². The molecule has 0 aromatic heterocycles. The molecule has 2 aliphatic carbocycles. The van der Waals surface area contributed by atoms with Crippen molar-refractivity contribution < 1.29 is 0 Å². The fourth-order valence-corrected chi connectivity index (χ4v) is 2.48. The summed E-state index contributed by atoms with van der Waals surface area (Å²) in [5, 5.41) is 7.38. The highest BCUT2D eigenvalue weighted by atomic mass is 15.0. The Labute approximate surface area is 87.8 Å². The Balaban J connectivity index is 1.63. The van der Waals surface area contributed by atoms with E-state index in [1.54, 1.807) is 0 Å². The Morgan fingerprint density at radius 3 is 1.64 bits per heavy atom. The van der Waals surface area contributed by atoms with Gasteiger partial charge in [0.05, 0.1) is 0 Å². The number of hydrogen-bond acceptors (Lipinski definition) is 2. The molecule has 2 heteroatoms. The van der Waals surface area contributed by atoms with Gasteiger partial charge in [0.15, 0.2) is 0 Å². The van der Waals surface area contributed by atoms with E-state index < -0.39 is 0 Å². The van der Waals surface area contributed by atoms with Gasteiger partial charge in [0.1, 0.15) is 0 Å². The monoisotopic (exact) mass is 196 g/mol. The van der Waals surface area contributed by atoms with Gasteiger partial charge in [-0.3, -0.25) is 0 Å². The molecule has 82 valence electrons. The molecule has 0 heterocycles. The second kappa shape index (κ2) is 4.63. The van der Waals surface area contributed by atoms with E-state index in [1.807, 2.05) is 0 Å². The highest BCUT2D eigenvalue weighted by Gasteiger charge is 2.27. The lowest BCUT2D eigenvalue weighted by Gasteiger charge is -2.31. The molecule has 2 fully saturated rings. The first kappa shape index (κ1) is 10.4. The van der Waals surface area contributed by atoms with Gasteiger partial charge in [-0.05, 0) is 38.5 Å². The number of rotatable bonds is 4. The summed E-state index contributed by atoms with van der Waals surface area (Å²) in [7, 11) is 0. The maximum atomic E-state index is 3.74. The molecule has 2 N–H and O–H groups in total. The zero-order chi connectivity index (χ0) is 9.97. The maximum absolute atomic E-state index is 3.74. The van der Waals surface area contributed by atoms with Gasteiger partial charge in [-0.1, -0.05) is 13.8 Å². The van der Waals surface area contributed by atoms with E-state index in [0.717, 1.165) is 18.1 Å². The highest BCUT2D eigenvalue weighted by Crippen LogP contribution is 2.25. The van der Waals surface area contributed by atoms with E-state index in [9.17, 15) is 0 Å². The minimum atomic E-state index is 0.646. The van der Waals surface area contributed by atoms with Crippen LogP contribution in [0.1, 0.15) is 52.4 Å². The van der Waals surface area contributed by atoms with Gasteiger partial charge < -0.3 is 10.6 Å². The first-order chi connectivity index (χ1) is 6.74. The van der Waals surface area contributed by atoms with Crippen LogP contribution >= 0.6 is 0 Å². The Morgan fingerprint density at radius 1 is 0.786 bits per heavy atom. The van der Waals surface area contributed by atoms with Crippen LogP contribution < -0.4 is 10.6 Å². The minimum Gasteiger partial charge on any atom is -0.312 e. The summed E-state index contributed by atoms with van der Waals surface area (Å²) in [4.78, 5) is 0. The van der Waals surface area contributed by atoms with E-state index >= 15 is 0 Å². The molecular weight excluding hydrogens is 172 g/mol. The Kier molecular flexibility index (Phi) is 3.45. The van der Waals surface area contributed by atoms with Crippen molar-refractivity contribution in [1.29, 1.82) is 0 Å². The van der Waals surface area contributed by atoms with Crippen molar-refractivity contribution in [2.75, 3.05) is 0 Å². The summed E-state index contributed by atoms with van der Waals surface area (Å²) in [6, 6.07) is 3.14. The fraction of sp³-hybridized carbons (Fsp3) is 1.00. The Hall–Kier alpha value is -0.0800. The van der Waals surface area contributed by atoms with E-state index in [2.05, 4.69) is 24.5 Å².